The van der Waals surface area contributed by atoms with Gasteiger partial charge in [-0.05, 0) is 19.3 Å². The van der Waals surface area contributed by atoms with Crippen molar-refractivity contribution in [3.05, 3.63) is 18.0 Å². The van der Waals surface area contributed by atoms with Gasteiger partial charge >= 0.3 is 0 Å². The predicted octanol–water partition coefficient (Wildman–Crippen LogP) is 1.82. The maximum Gasteiger partial charge on any atom is 0.194 e. The van der Waals surface area contributed by atoms with Crippen molar-refractivity contribution in [2.24, 2.45) is 10.9 Å². The second kappa shape index (κ2) is 11.1. The molecule has 0 bridgehead atoms. The molecule has 0 unspecified atom stereocenters. The highest BCUT2D eigenvalue weighted by molar-refractivity contribution is 5.80. The van der Waals surface area contributed by atoms with Crippen LogP contribution >= 0.6 is 0 Å². The molecular weight excluding hydrogens is 318 g/mol. The molecule has 0 aromatic carbocycles. The number of hydrogen-bond acceptors (Lipinski definition) is 5. The van der Waals surface area contributed by atoms with Crippen molar-refractivity contribution in [2.45, 2.75) is 33.7 Å². The van der Waals surface area contributed by atoms with E-state index in [0.29, 0.717) is 19.1 Å². The Morgan fingerprint density at radius 2 is 2.12 bits per heavy atom. The smallest absolute Gasteiger partial charge is 0.194 e. The number of nitrogens with one attached hydrogen (secondary N) is 1. The number of nitrogens with zero attached hydrogens (tertiary/aromatic N) is 4. The summed E-state index contributed by atoms with van der Waals surface area (Å²) in [5, 5.41) is 7.39. The fraction of sp³-hybridized carbons (Fsp3) is 0.778. The number of hydrogen-bond donors (Lipinski definition) is 1. The molecule has 1 N–H and O–H groups in total. The number of ether oxygens (including phenoxy) is 1. The minimum absolute atomic E-state index is 0.688. The van der Waals surface area contributed by atoms with Crippen LogP contribution in [0.4, 0.5) is 0 Å². The second-order valence-electron chi connectivity index (χ2n) is 6.78. The first kappa shape index (κ1) is 19.7. The highest BCUT2D eigenvalue weighted by Gasteiger charge is 2.20. The van der Waals surface area contributed by atoms with Gasteiger partial charge in [-0.3, -0.25) is 9.89 Å². The molecule has 7 heteroatoms. The molecule has 2 rings (SSSR count). The molecule has 1 aromatic rings. The third-order valence-corrected chi connectivity index (χ3v) is 4.22. The Kier molecular flexibility index (Phi) is 8.76. The topological polar surface area (TPSA) is 66.1 Å². The highest BCUT2D eigenvalue weighted by atomic mass is 16.5. The van der Waals surface area contributed by atoms with Gasteiger partial charge < -0.3 is 19.5 Å². The van der Waals surface area contributed by atoms with E-state index in [-0.39, 0.29) is 0 Å². The third kappa shape index (κ3) is 7.44. The first-order valence-electron chi connectivity index (χ1n) is 9.41. The van der Waals surface area contributed by atoms with Crippen LogP contribution in [0.5, 0.6) is 0 Å². The highest BCUT2D eigenvalue weighted by Crippen LogP contribution is 2.07. The minimum atomic E-state index is 0.688. The molecule has 2 heterocycles. The molecule has 0 spiro atoms. The largest absolute Gasteiger partial charge is 0.380 e. The van der Waals surface area contributed by atoms with Crippen molar-refractivity contribution in [1.82, 2.24) is 20.3 Å². The average molecular weight is 351 g/mol. The summed E-state index contributed by atoms with van der Waals surface area (Å²) in [6, 6.07) is 1.93. The molecule has 7 nitrogen and oxygen atoms in total. The van der Waals surface area contributed by atoms with Crippen molar-refractivity contribution in [3.63, 3.8) is 0 Å². The predicted molar refractivity (Wildman–Crippen MR) is 99.6 cm³/mol. The van der Waals surface area contributed by atoms with Gasteiger partial charge in [0.1, 0.15) is 6.26 Å². The Morgan fingerprint density at radius 3 is 2.76 bits per heavy atom. The van der Waals surface area contributed by atoms with Crippen LogP contribution in [0.25, 0.3) is 0 Å². The number of aromatic nitrogens is 1. The van der Waals surface area contributed by atoms with Crippen LogP contribution < -0.4 is 5.32 Å². The summed E-state index contributed by atoms with van der Waals surface area (Å²) in [4.78, 5) is 9.44. The first-order valence-corrected chi connectivity index (χ1v) is 9.41. The molecule has 1 saturated heterocycles. The molecule has 0 radical (unpaired) electrons. The first-order chi connectivity index (χ1) is 12.2. The Bertz CT molecular complexity index is 482. The van der Waals surface area contributed by atoms with Gasteiger partial charge in [0.15, 0.2) is 5.96 Å². The van der Waals surface area contributed by atoms with Crippen LogP contribution in [0.2, 0.25) is 0 Å². The lowest BCUT2D eigenvalue weighted by Gasteiger charge is -2.36. The standard InChI is InChI=1S/C18H33N5O2/c1-4-19-18(20-7-14-24-12-5-16(2)3)23-10-8-22(9-11-23)15-17-6-13-25-21-17/h6,13,16H,4-5,7-12,14-15H2,1-3H3,(H,19,20). The summed E-state index contributed by atoms with van der Waals surface area (Å²) in [5.74, 6) is 1.69. The lowest BCUT2D eigenvalue weighted by Crippen LogP contribution is -2.52. The van der Waals surface area contributed by atoms with Crippen LogP contribution in [0.15, 0.2) is 21.8 Å². The van der Waals surface area contributed by atoms with Crippen LogP contribution in [-0.2, 0) is 11.3 Å². The number of piperazine rings is 1. The van der Waals surface area contributed by atoms with Gasteiger partial charge in [0.2, 0.25) is 0 Å². The monoisotopic (exact) mass is 351 g/mol. The quantitative estimate of drug-likeness (QED) is 0.416. The van der Waals surface area contributed by atoms with Gasteiger partial charge in [-0.15, -0.1) is 0 Å². The maximum absolute atomic E-state index is 5.66. The van der Waals surface area contributed by atoms with Gasteiger partial charge in [-0.2, -0.15) is 0 Å². The van der Waals surface area contributed by atoms with Crippen LogP contribution in [0, 0.1) is 5.92 Å². The van der Waals surface area contributed by atoms with E-state index in [0.717, 1.165) is 63.9 Å². The van der Waals surface area contributed by atoms with Crippen LogP contribution in [0.3, 0.4) is 0 Å². The van der Waals surface area contributed by atoms with E-state index < -0.39 is 0 Å². The number of rotatable bonds is 9. The fourth-order valence-electron chi connectivity index (χ4n) is 2.73. The molecule has 1 aromatic heterocycles. The van der Waals surface area contributed by atoms with E-state index in [9.17, 15) is 0 Å². The maximum atomic E-state index is 5.66. The third-order valence-electron chi connectivity index (χ3n) is 4.22. The van der Waals surface area contributed by atoms with E-state index in [1.807, 2.05) is 6.07 Å². The molecule has 1 fully saturated rings. The van der Waals surface area contributed by atoms with Crippen molar-refractivity contribution < 1.29 is 9.26 Å². The summed E-state index contributed by atoms with van der Waals surface area (Å²) in [5.41, 5.74) is 0.993. The van der Waals surface area contributed by atoms with Gasteiger partial charge in [0.25, 0.3) is 0 Å². The molecule has 25 heavy (non-hydrogen) atoms. The van der Waals surface area contributed by atoms with E-state index in [4.69, 9.17) is 14.3 Å². The lowest BCUT2D eigenvalue weighted by molar-refractivity contribution is 0.130. The van der Waals surface area contributed by atoms with Crippen LogP contribution in [-0.4, -0.2) is 73.4 Å². The fourth-order valence-corrected chi connectivity index (χ4v) is 2.73. The normalized spacial score (nSPS) is 16.6. The van der Waals surface area contributed by atoms with Gasteiger partial charge in [-0.25, -0.2) is 0 Å². The van der Waals surface area contributed by atoms with Gasteiger partial charge in [-0.1, -0.05) is 19.0 Å². The molecule has 0 aliphatic carbocycles. The molecule has 1 aliphatic rings. The van der Waals surface area contributed by atoms with Crippen molar-refractivity contribution in [3.8, 4) is 0 Å². The zero-order chi connectivity index (χ0) is 17.9. The van der Waals surface area contributed by atoms with E-state index in [2.05, 4.69) is 41.0 Å². The average Bonchev–Trinajstić information content (AvgIpc) is 3.10. The van der Waals surface area contributed by atoms with Gasteiger partial charge in [0.05, 0.1) is 18.8 Å². The zero-order valence-electron chi connectivity index (χ0n) is 15.9. The van der Waals surface area contributed by atoms with Crippen molar-refractivity contribution in [2.75, 3.05) is 52.5 Å². The molecule has 142 valence electrons. The summed E-state index contributed by atoms with van der Waals surface area (Å²) in [6.07, 6.45) is 2.74. The summed E-state index contributed by atoms with van der Waals surface area (Å²) < 4.78 is 10.6. The molecule has 0 atom stereocenters. The summed E-state index contributed by atoms with van der Waals surface area (Å²) in [6.45, 7) is 14.4. The van der Waals surface area contributed by atoms with Crippen molar-refractivity contribution in [1.29, 1.82) is 0 Å². The second-order valence-corrected chi connectivity index (χ2v) is 6.78. The SMILES string of the molecule is CCNC(=NCCOCCC(C)C)N1CCN(Cc2ccon2)CC1. The summed E-state index contributed by atoms with van der Waals surface area (Å²) >= 11 is 0. The molecular formula is C18H33N5O2. The van der Waals surface area contributed by atoms with Crippen molar-refractivity contribution >= 4 is 5.96 Å². The van der Waals surface area contributed by atoms with E-state index in [1.165, 1.54) is 0 Å². The van der Waals surface area contributed by atoms with E-state index in [1.54, 1.807) is 6.26 Å². The minimum Gasteiger partial charge on any atom is -0.380 e. The lowest BCUT2D eigenvalue weighted by atomic mass is 10.1. The molecule has 0 amide bonds. The summed E-state index contributed by atoms with van der Waals surface area (Å²) in [7, 11) is 0. The molecule has 0 saturated carbocycles. The Balaban J connectivity index is 1.71. The Hall–Kier alpha value is -1.60. The van der Waals surface area contributed by atoms with E-state index >= 15 is 0 Å². The number of aliphatic imine (C=N–C) groups is 1. The Labute approximate surface area is 151 Å². The van der Waals surface area contributed by atoms with Gasteiger partial charge in [0, 0.05) is 51.9 Å². The number of guanidine groups is 1. The van der Waals surface area contributed by atoms with Crippen LogP contribution in [0.1, 0.15) is 32.9 Å². The molecule has 1 aliphatic heterocycles. The zero-order valence-corrected chi connectivity index (χ0v) is 15.9. The Morgan fingerprint density at radius 1 is 1.32 bits per heavy atom.